The summed E-state index contributed by atoms with van der Waals surface area (Å²) >= 11 is 0. The molecule has 0 unspecified atom stereocenters. The molecule has 0 amide bonds. The number of ether oxygens (including phenoxy) is 2. The predicted molar refractivity (Wildman–Crippen MR) is 146 cm³/mol. The van der Waals surface area contributed by atoms with Crippen LogP contribution < -0.4 is 9.47 Å². The third-order valence-corrected chi connectivity index (χ3v) is 6.68. The molecule has 6 heteroatoms. The summed E-state index contributed by atoms with van der Waals surface area (Å²) in [5.41, 5.74) is 5.98. The van der Waals surface area contributed by atoms with Crippen molar-refractivity contribution in [1.82, 2.24) is 0 Å². The molecule has 0 spiro atoms. The third kappa shape index (κ3) is 5.72. The Balaban J connectivity index is 1.81. The molecular weight excluding hydrogens is 472 g/mol. The van der Waals surface area contributed by atoms with E-state index < -0.39 is 10.1 Å². The highest BCUT2D eigenvalue weighted by Gasteiger charge is 2.19. The summed E-state index contributed by atoms with van der Waals surface area (Å²) in [6.45, 7) is 4.35. The van der Waals surface area contributed by atoms with Crippen molar-refractivity contribution >= 4 is 20.9 Å². The molecular formula is C30H32O5S. The largest absolute Gasteiger partial charge is 0.493 e. The molecule has 4 aromatic carbocycles. The van der Waals surface area contributed by atoms with Gasteiger partial charge in [-0.1, -0.05) is 74.5 Å². The highest BCUT2D eigenvalue weighted by Crippen LogP contribution is 2.42. The minimum atomic E-state index is -3.61. The fraction of sp³-hybridized carbons (Fsp3) is 0.267. The number of hydrogen-bond acceptors (Lipinski definition) is 5. The first-order chi connectivity index (χ1) is 17.2. The molecule has 0 saturated carbocycles. The Morgan fingerprint density at radius 2 is 1.56 bits per heavy atom. The average molecular weight is 505 g/mol. The van der Waals surface area contributed by atoms with Crippen LogP contribution in [0.5, 0.6) is 11.5 Å². The highest BCUT2D eigenvalue weighted by atomic mass is 32.2. The van der Waals surface area contributed by atoms with Crippen molar-refractivity contribution in [3.63, 3.8) is 0 Å². The van der Waals surface area contributed by atoms with Crippen LogP contribution >= 0.6 is 0 Å². The number of hydrogen-bond donors (Lipinski definition) is 0. The predicted octanol–water partition coefficient (Wildman–Crippen LogP) is 6.87. The molecule has 0 aliphatic carbocycles. The number of fused-ring (bicyclic) bond motifs is 1. The summed E-state index contributed by atoms with van der Waals surface area (Å²) in [6.07, 6.45) is 2.10. The van der Waals surface area contributed by atoms with Crippen molar-refractivity contribution in [3.8, 4) is 33.8 Å². The summed E-state index contributed by atoms with van der Waals surface area (Å²) in [5, 5.41) is 2.20. The van der Waals surface area contributed by atoms with Gasteiger partial charge in [0.25, 0.3) is 10.1 Å². The maximum Gasteiger partial charge on any atom is 0.264 e. The molecule has 0 atom stereocenters. The molecule has 5 nitrogen and oxygen atoms in total. The fourth-order valence-electron chi connectivity index (χ4n) is 4.56. The Kier molecular flexibility index (Phi) is 7.67. The van der Waals surface area contributed by atoms with Crippen LogP contribution in [0.2, 0.25) is 0 Å². The first-order valence-corrected chi connectivity index (χ1v) is 13.7. The van der Waals surface area contributed by atoms with Crippen LogP contribution in [0.25, 0.3) is 33.0 Å². The van der Waals surface area contributed by atoms with Gasteiger partial charge in [-0.15, -0.1) is 0 Å². The lowest BCUT2D eigenvalue weighted by Crippen LogP contribution is -2.05. The summed E-state index contributed by atoms with van der Waals surface area (Å²) in [4.78, 5) is 0. The average Bonchev–Trinajstić information content (AvgIpc) is 2.85. The van der Waals surface area contributed by atoms with E-state index in [0.717, 1.165) is 40.1 Å². The molecule has 0 fully saturated rings. The Morgan fingerprint density at radius 1 is 0.833 bits per heavy atom. The second-order valence-corrected chi connectivity index (χ2v) is 11.0. The lowest BCUT2D eigenvalue weighted by Gasteiger charge is -2.18. The monoisotopic (exact) mass is 504 g/mol. The van der Waals surface area contributed by atoms with E-state index in [1.54, 1.807) is 26.4 Å². The van der Waals surface area contributed by atoms with Gasteiger partial charge in [-0.25, -0.2) is 0 Å². The number of methoxy groups -OCH3 is 2. The standard InChI is InChI=1S/C30H32O5S/c1-20(2)17-21-9-11-22(12-10-21)26-8-6-7-23-18-24(13-15-27(23)26)29-25(19-35-36(5,31)32)14-16-28(33-3)30(29)34-4/h6-16,18,20H,17,19H2,1-5H3. The Hall–Kier alpha value is -3.35. The summed E-state index contributed by atoms with van der Waals surface area (Å²) in [7, 11) is -0.459. The summed E-state index contributed by atoms with van der Waals surface area (Å²) < 4.78 is 39.7. The SMILES string of the molecule is COc1ccc(COS(C)(=O)=O)c(-c2ccc3c(-c4ccc(CC(C)C)cc4)cccc3c2)c1OC. The maximum absolute atomic E-state index is 11.7. The minimum Gasteiger partial charge on any atom is -0.493 e. The molecule has 0 bridgehead atoms. The highest BCUT2D eigenvalue weighted by molar-refractivity contribution is 7.85. The smallest absolute Gasteiger partial charge is 0.264 e. The van der Waals surface area contributed by atoms with Crippen LogP contribution in [0.4, 0.5) is 0 Å². The van der Waals surface area contributed by atoms with E-state index in [2.05, 4.69) is 68.4 Å². The van der Waals surface area contributed by atoms with Crippen molar-refractivity contribution in [2.24, 2.45) is 5.92 Å². The molecule has 36 heavy (non-hydrogen) atoms. The van der Waals surface area contributed by atoms with Gasteiger partial charge in [0.05, 0.1) is 27.1 Å². The van der Waals surface area contributed by atoms with Crippen LogP contribution in [-0.4, -0.2) is 28.9 Å². The van der Waals surface area contributed by atoms with E-state index in [9.17, 15) is 8.42 Å². The first-order valence-electron chi connectivity index (χ1n) is 11.9. The molecule has 188 valence electrons. The van der Waals surface area contributed by atoms with Crippen molar-refractivity contribution < 1.29 is 22.1 Å². The minimum absolute atomic E-state index is 0.102. The zero-order chi connectivity index (χ0) is 25.9. The van der Waals surface area contributed by atoms with E-state index in [4.69, 9.17) is 13.7 Å². The second-order valence-electron chi connectivity index (χ2n) is 9.34. The van der Waals surface area contributed by atoms with Gasteiger partial charge in [0.15, 0.2) is 11.5 Å². The van der Waals surface area contributed by atoms with Crippen LogP contribution in [0, 0.1) is 5.92 Å². The van der Waals surface area contributed by atoms with Gasteiger partial charge in [-0.05, 0) is 63.1 Å². The normalized spacial score (nSPS) is 11.7. The van der Waals surface area contributed by atoms with Gasteiger partial charge in [0.1, 0.15) is 0 Å². The molecule has 4 rings (SSSR count). The van der Waals surface area contributed by atoms with Crippen LogP contribution in [0.1, 0.15) is 25.0 Å². The van der Waals surface area contributed by atoms with Gasteiger partial charge in [0.2, 0.25) is 0 Å². The van der Waals surface area contributed by atoms with Crippen molar-refractivity contribution in [2.45, 2.75) is 26.9 Å². The van der Waals surface area contributed by atoms with Crippen LogP contribution in [0.15, 0.2) is 72.8 Å². The topological polar surface area (TPSA) is 61.8 Å². The van der Waals surface area contributed by atoms with E-state index in [1.165, 1.54) is 11.1 Å². The van der Waals surface area contributed by atoms with Crippen LogP contribution in [0.3, 0.4) is 0 Å². The molecule has 0 radical (unpaired) electrons. The van der Waals surface area contributed by atoms with Gasteiger partial charge < -0.3 is 9.47 Å². The quantitative estimate of drug-likeness (QED) is 0.233. The van der Waals surface area contributed by atoms with Crippen molar-refractivity contribution in [2.75, 3.05) is 20.5 Å². The van der Waals surface area contributed by atoms with E-state index in [0.29, 0.717) is 23.0 Å². The maximum atomic E-state index is 11.7. The number of benzene rings is 4. The molecule has 0 heterocycles. The van der Waals surface area contributed by atoms with Crippen molar-refractivity contribution in [3.05, 3.63) is 83.9 Å². The fourth-order valence-corrected chi connectivity index (χ4v) is 4.90. The Bertz CT molecular complexity index is 1470. The van der Waals surface area contributed by atoms with Gasteiger partial charge in [-0.3, -0.25) is 4.18 Å². The van der Waals surface area contributed by atoms with Gasteiger partial charge in [-0.2, -0.15) is 8.42 Å². The molecule has 0 saturated heterocycles. The lowest BCUT2D eigenvalue weighted by atomic mass is 9.92. The zero-order valence-corrected chi connectivity index (χ0v) is 22.2. The lowest BCUT2D eigenvalue weighted by molar-refractivity contribution is 0.310. The van der Waals surface area contributed by atoms with E-state index in [-0.39, 0.29) is 6.61 Å². The molecule has 0 N–H and O–H groups in total. The Morgan fingerprint density at radius 3 is 2.19 bits per heavy atom. The van der Waals surface area contributed by atoms with E-state index in [1.807, 2.05) is 6.07 Å². The number of rotatable bonds is 9. The molecule has 0 aliphatic heterocycles. The van der Waals surface area contributed by atoms with Gasteiger partial charge in [0, 0.05) is 5.56 Å². The molecule has 0 aliphatic rings. The molecule has 4 aromatic rings. The van der Waals surface area contributed by atoms with Crippen LogP contribution in [-0.2, 0) is 27.3 Å². The third-order valence-electron chi connectivity index (χ3n) is 6.14. The zero-order valence-electron chi connectivity index (χ0n) is 21.4. The second kappa shape index (κ2) is 10.7. The van der Waals surface area contributed by atoms with Crippen molar-refractivity contribution in [1.29, 1.82) is 0 Å². The Labute approximate surface area is 213 Å². The molecule has 0 aromatic heterocycles. The summed E-state index contributed by atoms with van der Waals surface area (Å²) in [5.74, 6) is 1.71. The van der Waals surface area contributed by atoms with Gasteiger partial charge >= 0.3 is 0 Å². The van der Waals surface area contributed by atoms with E-state index >= 15 is 0 Å². The summed E-state index contributed by atoms with van der Waals surface area (Å²) in [6, 6.07) is 24.8. The first kappa shape index (κ1) is 25.7.